The lowest BCUT2D eigenvalue weighted by molar-refractivity contribution is -0.135. The first kappa shape index (κ1) is 15.0. The Morgan fingerprint density at radius 1 is 1.33 bits per heavy atom. The van der Waals surface area contributed by atoms with Gasteiger partial charge in [0.2, 0.25) is 5.56 Å². The maximum Gasteiger partial charge on any atom is 0.250 e. The summed E-state index contributed by atoms with van der Waals surface area (Å²) in [5.41, 5.74) is -0.468. The van der Waals surface area contributed by atoms with Crippen molar-refractivity contribution in [3.05, 3.63) is 28.7 Å². The molecule has 0 aliphatic rings. The summed E-state index contributed by atoms with van der Waals surface area (Å²) in [5, 5.41) is 9.95. The molecular formula is C13H22BNO3. The van der Waals surface area contributed by atoms with Crippen LogP contribution in [0.1, 0.15) is 27.7 Å². The molecule has 0 saturated heterocycles. The summed E-state index contributed by atoms with van der Waals surface area (Å²) in [6, 6.07) is 3.36. The van der Waals surface area contributed by atoms with Gasteiger partial charge in [-0.1, -0.05) is 11.5 Å². The fraction of sp³-hybridized carbons (Fsp3) is 0.615. The van der Waals surface area contributed by atoms with Gasteiger partial charge in [-0.25, -0.2) is 0 Å². The zero-order valence-corrected chi connectivity index (χ0v) is 11.9. The molecule has 1 heterocycles. The number of hydrogen-bond donors (Lipinski definition) is 1. The molecule has 4 nitrogen and oxygen atoms in total. The molecule has 1 rings (SSSR count). The molecule has 5 heteroatoms. The lowest BCUT2D eigenvalue weighted by atomic mass is 9.72. The van der Waals surface area contributed by atoms with Crippen LogP contribution in [-0.2, 0) is 11.8 Å². The molecule has 0 aliphatic carbocycles. The Hall–Kier alpha value is -1.07. The van der Waals surface area contributed by atoms with E-state index in [1.54, 1.807) is 31.5 Å². The maximum absolute atomic E-state index is 11.2. The topological polar surface area (TPSA) is 51.5 Å². The first-order valence-corrected chi connectivity index (χ1v) is 6.15. The zero-order valence-electron chi connectivity index (χ0n) is 11.9. The van der Waals surface area contributed by atoms with Crippen molar-refractivity contribution < 1.29 is 9.84 Å². The van der Waals surface area contributed by atoms with Gasteiger partial charge in [0.15, 0.2) is 7.28 Å². The molecule has 18 heavy (non-hydrogen) atoms. The second kappa shape index (κ2) is 5.28. The highest BCUT2D eigenvalue weighted by molar-refractivity contribution is 6.53. The normalized spacial score (nSPS) is 12.6. The zero-order chi connectivity index (χ0) is 14.0. The van der Waals surface area contributed by atoms with E-state index in [0.717, 1.165) is 5.46 Å². The highest BCUT2D eigenvalue weighted by Crippen LogP contribution is 2.24. The third kappa shape index (κ3) is 3.72. The quantitative estimate of drug-likeness (QED) is 0.748. The molecule has 0 amide bonds. The second-order valence-electron chi connectivity index (χ2n) is 5.65. The Kier molecular flexibility index (Phi) is 4.40. The number of rotatable bonds is 5. The van der Waals surface area contributed by atoms with Gasteiger partial charge in [0, 0.05) is 25.8 Å². The van der Waals surface area contributed by atoms with E-state index in [-0.39, 0.29) is 5.56 Å². The number of aryl methyl sites for hydroxylation is 1. The molecule has 0 saturated carbocycles. The van der Waals surface area contributed by atoms with E-state index < -0.39 is 11.2 Å². The van der Waals surface area contributed by atoms with Gasteiger partial charge in [-0.15, -0.1) is 0 Å². The van der Waals surface area contributed by atoms with Crippen LogP contribution in [0.25, 0.3) is 0 Å². The molecule has 1 aromatic heterocycles. The van der Waals surface area contributed by atoms with Crippen molar-refractivity contribution >= 4 is 12.7 Å². The number of hydrogen-bond acceptors (Lipinski definition) is 3. The molecule has 1 N–H and O–H groups in total. The van der Waals surface area contributed by atoms with Crippen molar-refractivity contribution in [2.24, 2.45) is 7.05 Å². The monoisotopic (exact) mass is 251 g/mol. The standard InChI is InChI=1S/C13H22BNO3/c1-12(2,17)13(3,4)18-9-14-10-6-7-11(16)15(5)8-10/h6-8,14,17H,9H2,1-5H3. The van der Waals surface area contributed by atoms with E-state index in [4.69, 9.17) is 4.74 Å². The Morgan fingerprint density at radius 2 is 1.94 bits per heavy atom. The summed E-state index contributed by atoms with van der Waals surface area (Å²) in [6.45, 7) is 7.72. The minimum atomic E-state index is -0.892. The lowest BCUT2D eigenvalue weighted by Gasteiger charge is -2.37. The van der Waals surface area contributed by atoms with Crippen LogP contribution in [0.4, 0.5) is 0 Å². The van der Waals surface area contributed by atoms with Gasteiger partial charge in [0.05, 0.1) is 11.2 Å². The van der Waals surface area contributed by atoms with E-state index in [9.17, 15) is 9.90 Å². The Balaban J connectivity index is 2.57. The Bertz CT molecular complexity index is 460. The smallest absolute Gasteiger partial charge is 0.250 e. The average molecular weight is 251 g/mol. The van der Waals surface area contributed by atoms with Gasteiger partial charge < -0.3 is 14.4 Å². The van der Waals surface area contributed by atoms with Crippen LogP contribution in [0.15, 0.2) is 23.1 Å². The second-order valence-corrected chi connectivity index (χ2v) is 5.65. The van der Waals surface area contributed by atoms with Gasteiger partial charge in [-0.2, -0.15) is 0 Å². The number of aliphatic hydroxyl groups is 1. The van der Waals surface area contributed by atoms with E-state index in [1.807, 2.05) is 26.1 Å². The maximum atomic E-state index is 11.2. The van der Waals surface area contributed by atoms with Crippen molar-refractivity contribution in [1.29, 1.82) is 0 Å². The van der Waals surface area contributed by atoms with Crippen LogP contribution >= 0.6 is 0 Å². The fourth-order valence-corrected chi connectivity index (χ4v) is 1.40. The van der Waals surface area contributed by atoms with Crippen LogP contribution < -0.4 is 11.0 Å². The predicted molar refractivity (Wildman–Crippen MR) is 74.8 cm³/mol. The molecule has 0 bridgehead atoms. The number of nitrogens with zero attached hydrogens (tertiary/aromatic N) is 1. The minimum absolute atomic E-state index is 0.0171. The van der Waals surface area contributed by atoms with Gasteiger partial charge in [-0.05, 0) is 27.7 Å². The predicted octanol–water partition coefficient (Wildman–Crippen LogP) is -0.0293. The average Bonchev–Trinajstić information content (AvgIpc) is 2.21. The van der Waals surface area contributed by atoms with Crippen molar-refractivity contribution in [2.75, 3.05) is 6.51 Å². The molecule has 0 atom stereocenters. The fourth-order valence-electron chi connectivity index (χ4n) is 1.40. The van der Waals surface area contributed by atoms with E-state index in [2.05, 4.69) is 0 Å². The Morgan fingerprint density at radius 3 is 2.44 bits per heavy atom. The van der Waals surface area contributed by atoms with Crippen molar-refractivity contribution in [1.82, 2.24) is 4.57 Å². The number of ether oxygens (including phenoxy) is 1. The summed E-state index contributed by atoms with van der Waals surface area (Å²) in [4.78, 5) is 11.2. The molecule has 0 aliphatic heterocycles. The Labute approximate surface area is 109 Å². The molecular weight excluding hydrogens is 229 g/mol. The van der Waals surface area contributed by atoms with Crippen LogP contribution in [0.5, 0.6) is 0 Å². The third-order valence-electron chi connectivity index (χ3n) is 3.47. The van der Waals surface area contributed by atoms with E-state index in [1.165, 1.54) is 0 Å². The van der Waals surface area contributed by atoms with Gasteiger partial charge in [-0.3, -0.25) is 4.79 Å². The minimum Gasteiger partial charge on any atom is -0.387 e. The van der Waals surface area contributed by atoms with E-state index >= 15 is 0 Å². The summed E-state index contributed by atoms with van der Waals surface area (Å²) >= 11 is 0. The van der Waals surface area contributed by atoms with Crippen molar-refractivity contribution in [2.45, 2.75) is 38.9 Å². The molecule has 100 valence electrons. The highest BCUT2D eigenvalue weighted by Gasteiger charge is 2.35. The molecule has 0 unspecified atom stereocenters. The van der Waals surface area contributed by atoms with Crippen LogP contribution in [0, 0.1) is 0 Å². The van der Waals surface area contributed by atoms with Crippen LogP contribution in [0.2, 0.25) is 0 Å². The number of aromatic nitrogens is 1. The van der Waals surface area contributed by atoms with Crippen molar-refractivity contribution in [3.63, 3.8) is 0 Å². The van der Waals surface area contributed by atoms with Gasteiger partial charge in [0.1, 0.15) is 0 Å². The first-order valence-electron chi connectivity index (χ1n) is 6.15. The van der Waals surface area contributed by atoms with Crippen molar-refractivity contribution in [3.8, 4) is 0 Å². The van der Waals surface area contributed by atoms with Gasteiger partial charge >= 0.3 is 0 Å². The third-order valence-corrected chi connectivity index (χ3v) is 3.47. The number of pyridine rings is 1. The highest BCUT2D eigenvalue weighted by atomic mass is 16.5. The summed E-state index contributed by atoms with van der Waals surface area (Å²) in [6.07, 6.45) is 1.81. The molecule has 0 spiro atoms. The summed E-state index contributed by atoms with van der Waals surface area (Å²) < 4.78 is 7.28. The summed E-state index contributed by atoms with van der Waals surface area (Å²) in [5.74, 6) is 0. The molecule has 0 aromatic carbocycles. The SMILES string of the molecule is Cn1cc(BCOC(C)(C)C(C)(C)O)ccc1=O. The molecule has 1 aromatic rings. The van der Waals surface area contributed by atoms with Gasteiger partial charge in [0.25, 0.3) is 0 Å². The lowest BCUT2D eigenvalue weighted by Crippen LogP contribution is -2.48. The van der Waals surface area contributed by atoms with E-state index in [0.29, 0.717) is 13.8 Å². The largest absolute Gasteiger partial charge is 0.387 e. The molecule has 0 fully saturated rings. The molecule has 0 radical (unpaired) electrons. The van der Waals surface area contributed by atoms with Crippen LogP contribution in [-0.4, -0.2) is 34.7 Å². The van der Waals surface area contributed by atoms with Crippen LogP contribution in [0.3, 0.4) is 0 Å². The summed E-state index contributed by atoms with van der Waals surface area (Å²) in [7, 11) is 2.45. The first-order chi connectivity index (χ1) is 8.13.